The maximum absolute atomic E-state index is 12.3. The fourth-order valence-corrected chi connectivity index (χ4v) is 3.96. The fraction of sp³-hybridized carbons (Fsp3) is 0.158. The summed E-state index contributed by atoms with van der Waals surface area (Å²) in [6.07, 6.45) is 5.41. The molecule has 0 aliphatic heterocycles. The van der Waals surface area contributed by atoms with Crippen LogP contribution in [0.2, 0.25) is 0 Å². The molecule has 0 spiro atoms. The van der Waals surface area contributed by atoms with Gasteiger partial charge in [-0.15, -0.1) is 0 Å². The lowest BCUT2D eigenvalue weighted by molar-refractivity contribution is 0.448. The Labute approximate surface area is 136 Å². The fourth-order valence-electron chi connectivity index (χ4n) is 2.97. The van der Waals surface area contributed by atoms with Crippen molar-refractivity contribution in [1.82, 2.24) is 0 Å². The van der Waals surface area contributed by atoms with Gasteiger partial charge in [0.05, 0.1) is 0 Å². The van der Waals surface area contributed by atoms with Crippen molar-refractivity contribution in [2.24, 2.45) is 0 Å². The summed E-state index contributed by atoms with van der Waals surface area (Å²) in [5.41, 5.74) is 3.31. The van der Waals surface area contributed by atoms with Gasteiger partial charge in [0.15, 0.2) is 0 Å². The zero-order valence-electron chi connectivity index (χ0n) is 12.8. The Kier molecular flexibility index (Phi) is 3.96. The van der Waals surface area contributed by atoms with Gasteiger partial charge in [-0.2, -0.15) is 8.42 Å². The smallest absolute Gasteiger partial charge is 0.278 e. The summed E-state index contributed by atoms with van der Waals surface area (Å²) >= 11 is 0. The molecule has 2 aromatic carbocycles. The van der Waals surface area contributed by atoms with Gasteiger partial charge in [-0.05, 0) is 30.0 Å². The number of allylic oxidation sites excluding steroid dienone is 3. The van der Waals surface area contributed by atoms with E-state index in [4.69, 9.17) is 0 Å². The third-order valence-electron chi connectivity index (χ3n) is 4.27. The van der Waals surface area contributed by atoms with E-state index in [2.05, 4.69) is 0 Å². The first-order chi connectivity index (χ1) is 10.9. The monoisotopic (exact) mass is 326 g/mol. The summed E-state index contributed by atoms with van der Waals surface area (Å²) in [6, 6.07) is 16.9. The van der Waals surface area contributed by atoms with Gasteiger partial charge in [0.1, 0.15) is 4.75 Å². The van der Waals surface area contributed by atoms with Gasteiger partial charge >= 0.3 is 0 Å². The molecule has 1 atom stereocenters. The van der Waals surface area contributed by atoms with Crippen LogP contribution in [0.3, 0.4) is 0 Å². The van der Waals surface area contributed by atoms with Crippen molar-refractivity contribution in [3.63, 3.8) is 0 Å². The highest BCUT2D eigenvalue weighted by molar-refractivity contribution is 7.87. The van der Waals surface area contributed by atoms with Crippen molar-refractivity contribution < 1.29 is 13.0 Å². The number of hydrogen-bond acceptors (Lipinski definition) is 2. The van der Waals surface area contributed by atoms with Crippen LogP contribution < -0.4 is 0 Å². The average Bonchev–Trinajstić information content (AvgIpc) is 2.55. The third-order valence-corrected chi connectivity index (χ3v) is 5.71. The number of benzene rings is 2. The Hall–Kier alpha value is -2.17. The highest BCUT2D eigenvalue weighted by Crippen LogP contribution is 2.43. The van der Waals surface area contributed by atoms with Gasteiger partial charge in [0, 0.05) is 0 Å². The summed E-state index contributed by atoms with van der Waals surface area (Å²) in [7, 11) is -4.33. The molecule has 0 amide bonds. The Morgan fingerprint density at radius 1 is 1.00 bits per heavy atom. The number of hydrogen-bond donors (Lipinski definition) is 1. The van der Waals surface area contributed by atoms with Crippen molar-refractivity contribution in [2.45, 2.75) is 18.1 Å². The molecule has 118 valence electrons. The first-order valence-corrected chi connectivity index (χ1v) is 8.86. The molecule has 23 heavy (non-hydrogen) atoms. The average molecular weight is 326 g/mol. The molecule has 0 saturated heterocycles. The number of rotatable bonds is 3. The second kappa shape index (κ2) is 5.80. The molecule has 0 aromatic heterocycles. The van der Waals surface area contributed by atoms with Crippen molar-refractivity contribution in [3.05, 3.63) is 84.0 Å². The molecule has 0 saturated carbocycles. The lowest BCUT2D eigenvalue weighted by Gasteiger charge is -2.31. The minimum absolute atomic E-state index is 0.220. The van der Waals surface area contributed by atoms with Gasteiger partial charge in [-0.1, -0.05) is 78.4 Å². The van der Waals surface area contributed by atoms with Gasteiger partial charge in [0.2, 0.25) is 0 Å². The van der Waals surface area contributed by atoms with Crippen LogP contribution in [0.1, 0.15) is 18.9 Å². The quantitative estimate of drug-likeness (QED) is 0.854. The molecule has 1 N–H and O–H groups in total. The SMILES string of the molecule is CC1=CCC(c2ccccc2-c2ccccc2)(S(=O)(=O)O)C=C1. The van der Waals surface area contributed by atoms with E-state index in [0.29, 0.717) is 5.56 Å². The Bertz CT molecular complexity index is 880. The maximum Gasteiger partial charge on any atom is 0.278 e. The summed E-state index contributed by atoms with van der Waals surface area (Å²) in [5, 5.41) is 0. The Morgan fingerprint density at radius 2 is 1.65 bits per heavy atom. The van der Waals surface area contributed by atoms with Gasteiger partial charge in [-0.3, -0.25) is 4.55 Å². The highest BCUT2D eigenvalue weighted by Gasteiger charge is 2.44. The van der Waals surface area contributed by atoms with E-state index in [1.807, 2.05) is 55.5 Å². The Balaban J connectivity index is 2.27. The minimum atomic E-state index is -4.33. The molecule has 3 nitrogen and oxygen atoms in total. The molecule has 2 aromatic rings. The molecule has 0 fully saturated rings. The van der Waals surface area contributed by atoms with Gasteiger partial charge in [0.25, 0.3) is 10.1 Å². The molecular formula is C19H18O3S. The highest BCUT2D eigenvalue weighted by atomic mass is 32.2. The summed E-state index contributed by atoms with van der Waals surface area (Å²) in [5.74, 6) is 0. The van der Waals surface area contributed by atoms with E-state index < -0.39 is 14.9 Å². The predicted octanol–water partition coefficient (Wildman–Crippen LogP) is 4.34. The van der Waals surface area contributed by atoms with Crippen LogP contribution in [0.4, 0.5) is 0 Å². The standard InChI is InChI=1S/C19H18O3S/c1-15-11-13-19(14-12-15,23(20,21)22)18-10-6-5-9-17(18)16-7-3-2-4-8-16/h2-13H,14H2,1H3,(H,20,21,22). The van der Waals surface area contributed by atoms with E-state index in [-0.39, 0.29) is 6.42 Å². The molecule has 4 heteroatoms. The lowest BCUT2D eigenvalue weighted by atomic mass is 9.84. The van der Waals surface area contributed by atoms with Crippen LogP contribution in [-0.4, -0.2) is 13.0 Å². The second-order valence-electron chi connectivity index (χ2n) is 5.76. The van der Waals surface area contributed by atoms with Gasteiger partial charge in [-0.25, -0.2) is 0 Å². The van der Waals surface area contributed by atoms with Crippen LogP contribution in [-0.2, 0) is 14.9 Å². The Morgan fingerprint density at radius 3 is 2.26 bits per heavy atom. The molecular weight excluding hydrogens is 308 g/mol. The molecule has 1 aliphatic rings. The first kappa shape index (κ1) is 15.7. The lowest BCUT2D eigenvalue weighted by Crippen LogP contribution is -2.34. The van der Waals surface area contributed by atoms with Crippen molar-refractivity contribution in [3.8, 4) is 11.1 Å². The van der Waals surface area contributed by atoms with Crippen molar-refractivity contribution in [1.29, 1.82) is 0 Å². The van der Waals surface area contributed by atoms with Crippen LogP contribution in [0.5, 0.6) is 0 Å². The molecule has 0 heterocycles. The van der Waals surface area contributed by atoms with Crippen molar-refractivity contribution in [2.75, 3.05) is 0 Å². The minimum Gasteiger partial charge on any atom is -0.285 e. The van der Waals surface area contributed by atoms with Crippen LogP contribution in [0, 0.1) is 0 Å². The summed E-state index contributed by atoms with van der Waals surface area (Å²) in [4.78, 5) is 0. The molecule has 3 rings (SSSR count). The summed E-state index contributed by atoms with van der Waals surface area (Å²) < 4.78 is 33.1. The normalized spacial score (nSPS) is 21.0. The molecule has 0 bridgehead atoms. The molecule has 1 unspecified atom stereocenters. The van der Waals surface area contributed by atoms with E-state index in [9.17, 15) is 13.0 Å². The molecule has 1 aliphatic carbocycles. The van der Waals surface area contributed by atoms with Crippen LogP contribution in [0.15, 0.2) is 78.4 Å². The van der Waals surface area contributed by atoms with E-state index >= 15 is 0 Å². The topological polar surface area (TPSA) is 54.4 Å². The zero-order valence-corrected chi connectivity index (χ0v) is 13.6. The third kappa shape index (κ3) is 2.76. The first-order valence-electron chi connectivity index (χ1n) is 7.42. The van der Waals surface area contributed by atoms with Crippen LogP contribution >= 0.6 is 0 Å². The van der Waals surface area contributed by atoms with E-state index in [1.54, 1.807) is 24.3 Å². The summed E-state index contributed by atoms with van der Waals surface area (Å²) in [6.45, 7) is 1.91. The van der Waals surface area contributed by atoms with E-state index in [1.165, 1.54) is 0 Å². The maximum atomic E-state index is 12.3. The van der Waals surface area contributed by atoms with Gasteiger partial charge < -0.3 is 0 Å². The van der Waals surface area contributed by atoms with Crippen LogP contribution in [0.25, 0.3) is 11.1 Å². The van der Waals surface area contributed by atoms with Crippen molar-refractivity contribution >= 4 is 10.1 Å². The second-order valence-corrected chi connectivity index (χ2v) is 7.44. The largest absolute Gasteiger partial charge is 0.285 e. The predicted molar refractivity (Wildman–Crippen MR) is 92.6 cm³/mol. The molecule has 0 radical (unpaired) electrons. The van der Waals surface area contributed by atoms with E-state index in [0.717, 1.165) is 16.7 Å². The zero-order chi connectivity index (χ0) is 16.5.